The lowest BCUT2D eigenvalue weighted by atomic mass is 9.96. The molecule has 3 rings (SSSR count). The minimum absolute atomic E-state index is 0.0686. The third kappa shape index (κ3) is 6.76. The van der Waals surface area contributed by atoms with Gasteiger partial charge in [-0.2, -0.15) is 0 Å². The molecule has 1 aromatic rings. The van der Waals surface area contributed by atoms with E-state index in [0.717, 1.165) is 36.9 Å². The van der Waals surface area contributed by atoms with Crippen molar-refractivity contribution < 1.29 is 14.4 Å². The van der Waals surface area contributed by atoms with Crippen LogP contribution in [-0.4, -0.2) is 47.9 Å². The van der Waals surface area contributed by atoms with E-state index in [0.29, 0.717) is 25.6 Å². The fourth-order valence-electron chi connectivity index (χ4n) is 4.13. The highest BCUT2D eigenvalue weighted by atomic mass is 16.2. The smallest absolute Gasteiger partial charge is 0.315 e. The molecule has 1 saturated heterocycles. The largest absolute Gasteiger partial charge is 0.342 e. The van der Waals surface area contributed by atoms with Crippen LogP contribution < -0.4 is 16.0 Å². The van der Waals surface area contributed by atoms with E-state index in [2.05, 4.69) is 16.0 Å². The molecule has 1 aliphatic heterocycles. The van der Waals surface area contributed by atoms with Gasteiger partial charge < -0.3 is 20.9 Å². The average Bonchev–Trinajstić information content (AvgIpc) is 2.70. The summed E-state index contributed by atoms with van der Waals surface area (Å²) < 4.78 is 0. The monoisotopic (exact) mass is 400 g/mol. The fraction of sp³-hybridized carbons (Fsp3) is 0.591. The Bertz CT molecular complexity index is 705. The SMILES string of the molecule is CC(=O)Nc1ccc(CC(=O)N2CCC(NC(=O)NC3CCCCC3)CC2)cc1. The highest BCUT2D eigenvalue weighted by Crippen LogP contribution is 2.18. The second-order valence-electron chi connectivity index (χ2n) is 8.16. The van der Waals surface area contributed by atoms with Crippen LogP contribution in [0.2, 0.25) is 0 Å². The number of urea groups is 1. The summed E-state index contributed by atoms with van der Waals surface area (Å²) >= 11 is 0. The summed E-state index contributed by atoms with van der Waals surface area (Å²) in [5.74, 6) is -0.0138. The normalized spacial score (nSPS) is 18.2. The van der Waals surface area contributed by atoms with E-state index in [1.807, 2.05) is 29.2 Å². The Labute approximate surface area is 172 Å². The minimum Gasteiger partial charge on any atom is -0.342 e. The van der Waals surface area contributed by atoms with Gasteiger partial charge in [0.2, 0.25) is 11.8 Å². The predicted molar refractivity (Wildman–Crippen MR) is 113 cm³/mol. The van der Waals surface area contributed by atoms with E-state index in [9.17, 15) is 14.4 Å². The first-order valence-corrected chi connectivity index (χ1v) is 10.7. The van der Waals surface area contributed by atoms with Gasteiger partial charge in [-0.25, -0.2) is 4.79 Å². The molecule has 4 amide bonds. The Morgan fingerprint density at radius 1 is 0.897 bits per heavy atom. The van der Waals surface area contributed by atoms with Gasteiger partial charge in [0.05, 0.1) is 6.42 Å². The topological polar surface area (TPSA) is 90.5 Å². The van der Waals surface area contributed by atoms with E-state index in [1.54, 1.807) is 0 Å². The molecule has 29 heavy (non-hydrogen) atoms. The van der Waals surface area contributed by atoms with Crippen LogP contribution in [0.25, 0.3) is 0 Å². The number of hydrogen-bond acceptors (Lipinski definition) is 3. The molecule has 7 heteroatoms. The number of benzene rings is 1. The molecule has 0 aromatic heterocycles. The maximum Gasteiger partial charge on any atom is 0.315 e. The number of rotatable bonds is 5. The summed E-state index contributed by atoms with van der Waals surface area (Å²) in [6.07, 6.45) is 7.73. The Balaban J connectivity index is 1.38. The number of likely N-dealkylation sites (tertiary alicyclic amines) is 1. The highest BCUT2D eigenvalue weighted by molar-refractivity contribution is 5.88. The third-order valence-electron chi connectivity index (χ3n) is 5.75. The first-order chi connectivity index (χ1) is 14.0. The molecule has 2 aliphatic rings. The van der Waals surface area contributed by atoms with Gasteiger partial charge in [0.15, 0.2) is 0 Å². The number of carbonyl (C=O) groups is 3. The van der Waals surface area contributed by atoms with Gasteiger partial charge in [0.1, 0.15) is 0 Å². The van der Waals surface area contributed by atoms with E-state index < -0.39 is 0 Å². The van der Waals surface area contributed by atoms with Crippen molar-refractivity contribution in [3.8, 4) is 0 Å². The maximum atomic E-state index is 12.6. The van der Waals surface area contributed by atoms with Crippen molar-refractivity contribution in [2.75, 3.05) is 18.4 Å². The Hall–Kier alpha value is -2.57. The molecular weight excluding hydrogens is 368 g/mol. The molecule has 7 nitrogen and oxygen atoms in total. The van der Waals surface area contributed by atoms with Crippen LogP contribution in [0.15, 0.2) is 24.3 Å². The molecule has 0 unspecified atom stereocenters. The molecule has 1 aromatic carbocycles. The maximum absolute atomic E-state index is 12.6. The van der Waals surface area contributed by atoms with Crippen LogP contribution >= 0.6 is 0 Å². The number of hydrogen-bond donors (Lipinski definition) is 3. The van der Waals surface area contributed by atoms with Gasteiger partial charge in [-0.3, -0.25) is 9.59 Å². The number of piperidine rings is 1. The Kier molecular flexibility index (Phi) is 7.49. The highest BCUT2D eigenvalue weighted by Gasteiger charge is 2.24. The quantitative estimate of drug-likeness (QED) is 0.710. The molecule has 2 fully saturated rings. The van der Waals surface area contributed by atoms with Gasteiger partial charge in [0.25, 0.3) is 0 Å². The summed E-state index contributed by atoms with van der Waals surface area (Å²) in [4.78, 5) is 37.7. The second kappa shape index (κ2) is 10.3. The molecule has 0 radical (unpaired) electrons. The van der Waals surface area contributed by atoms with Crippen LogP contribution in [0.4, 0.5) is 10.5 Å². The molecule has 1 aliphatic carbocycles. The number of anilines is 1. The molecule has 0 spiro atoms. The molecule has 1 heterocycles. The van der Waals surface area contributed by atoms with Crippen molar-refractivity contribution in [3.63, 3.8) is 0 Å². The van der Waals surface area contributed by atoms with E-state index in [-0.39, 0.29) is 23.9 Å². The third-order valence-corrected chi connectivity index (χ3v) is 5.75. The van der Waals surface area contributed by atoms with Crippen molar-refractivity contribution in [1.29, 1.82) is 0 Å². The Morgan fingerprint density at radius 3 is 2.07 bits per heavy atom. The molecule has 0 atom stereocenters. The second-order valence-corrected chi connectivity index (χ2v) is 8.16. The zero-order valence-electron chi connectivity index (χ0n) is 17.2. The summed E-state index contributed by atoms with van der Waals surface area (Å²) in [6.45, 7) is 2.80. The van der Waals surface area contributed by atoms with Crippen LogP contribution in [0, 0.1) is 0 Å². The van der Waals surface area contributed by atoms with Gasteiger partial charge in [0, 0.05) is 37.8 Å². The van der Waals surface area contributed by atoms with Gasteiger partial charge in [-0.1, -0.05) is 31.4 Å². The molecule has 1 saturated carbocycles. The van der Waals surface area contributed by atoms with Crippen molar-refractivity contribution in [2.24, 2.45) is 0 Å². The van der Waals surface area contributed by atoms with Crippen LogP contribution in [0.3, 0.4) is 0 Å². The van der Waals surface area contributed by atoms with E-state index in [1.165, 1.54) is 26.2 Å². The molecule has 158 valence electrons. The van der Waals surface area contributed by atoms with Gasteiger partial charge in [-0.15, -0.1) is 0 Å². The molecule has 3 N–H and O–H groups in total. The summed E-state index contributed by atoms with van der Waals surface area (Å²) in [6, 6.07) is 7.72. The van der Waals surface area contributed by atoms with Gasteiger partial charge >= 0.3 is 6.03 Å². The lowest BCUT2D eigenvalue weighted by Gasteiger charge is -2.33. The van der Waals surface area contributed by atoms with Crippen LogP contribution in [0.5, 0.6) is 0 Å². The number of nitrogens with one attached hydrogen (secondary N) is 3. The summed E-state index contributed by atoms with van der Waals surface area (Å²) in [5, 5.41) is 8.89. The van der Waals surface area contributed by atoms with E-state index in [4.69, 9.17) is 0 Å². The average molecular weight is 401 g/mol. The molecular formula is C22H32N4O3. The summed E-state index contributed by atoms with van der Waals surface area (Å²) in [5.41, 5.74) is 1.66. The number of carbonyl (C=O) groups excluding carboxylic acids is 3. The predicted octanol–water partition coefficient (Wildman–Crippen LogP) is 2.81. The molecule has 0 bridgehead atoms. The lowest BCUT2D eigenvalue weighted by Crippen LogP contribution is -2.51. The van der Waals surface area contributed by atoms with Gasteiger partial charge in [-0.05, 0) is 43.4 Å². The number of nitrogens with zero attached hydrogens (tertiary/aromatic N) is 1. The van der Waals surface area contributed by atoms with Crippen molar-refractivity contribution in [2.45, 2.75) is 70.4 Å². The standard InChI is InChI=1S/C22H32N4O3/c1-16(27)23-19-9-7-17(8-10-19)15-21(28)26-13-11-20(12-14-26)25-22(29)24-18-5-3-2-4-6-18/h7-10,18,20H,2-6,11-15H2,1H3,(H,23,27)(H2,24,25,29). The zero-order chi connectivity index (χ0) is 20.6. The van der Waals surface area contributed by atoms with Crippen LogP contribution in [0.1, 0.15) is 57.4 Å². The fourth-order valence-corrected chi connectivity index (χ4v) is 4.13. The minimum atomic E-state index is -0.113. The van der Waals surface area contributed by atoms with E-state index >= 15 is 0 Å². The lowest BCUT2D eigenvalue weighted by molar-refractivity contribution is -0.131. The first kappa shape index (κ1) is 21.1. The van der Waals surface area contributed by atoms with Crippen molar-refractivity contribution in [1.82, 2.24) is 15.5 Å². The van der Waals surface area contributed by atoms with Crippen molar-refractivity contribution in [3.05, 3.63) is 29.8 Å². The Morgan fingerprint density at radius 2 is 1.48 bits per heavy atom. The van der Waals surface area contributed by atoms with Crippen LogP contribution in [-0.2, 0) is 16.0 Å². The first-order valence-electron chi connectivity index (χ1n) is 10.7. The number of amides is 4. The summed E-state index contributed by atoms with van der Waals surface area (Å²) in [7, 11) is 0. The zero-order valence-corrected chi connectivity index (χ0v) is 17.2. The van der Waals surface area contributed by atoms with Crippen molar-refractivity contribution >= 4 is 23.5 Å².